The number of hydrogen-bond donors (Lipinski definition) is 1. The van der Waals surface area contributed by atoms with E-state index < -0.39 is 0 Å². The first-order chi connectivity index (χ1) is 13.9. The van der Waals surface area contributed by atoms with Crippen molar-refractivity contribution in [3.8, 4) is 0 Å². The molecule has 0 aromatic heterocycles. The molecule has 6 heteroatoms. The first-order valence-corrected chi connectivity index (χ1v) is 9.73. The number of carbonyl (C=O) groups is 2. The van der Waals surface area contributed by atoms with Crippen LogP contribution in [-0.4, -0.2) is 54.3 Å². The Morgan fingerprint density at radius 2 is 1.69 bits per heavy atom. The van der Waals surface area contributed by atoms with E-state index in [1.54, 1.807) is 23.1 Å². The largest absolute Gasteiger partial charge is 0.337 e. The molecule has 2 aromatic carbocycles. The number of nitrogens with one attached hydrogen (secondary N) is 1. The third-order valence-corrected chi connectivity index (χ3v) is 5.06. The number of carbonyl (C=O) groups excluding carboxylic acids is 2. The van der Waals surface area contributed by atoms with Crippen LogP contribution in [0.1, 0.15) is 16.7 Å². The summed E-state index contributed by atoms with van der Waals surface area (Å²) in [4.78, 5) is 28.6. The van der Waals surface area contributed by atoms with Crippen molar-refractivity contribution in [2.75, 3.05) is 38.0 Å². The van der Waals surface area contributed by atoms with E-state index in [1.165, 1.54) is 18.2 Å². The van der Waals surface area contributed by atoms with Gasteiger partial charge < -0.3 is 10.2 Å². The highest BCUT2D eigenvalue weighted by molar-refractivity contribution is 5.94. The van der Waals surface area contributed by atoms with E-state index in [0.717, 1.165) is 16.8 Å². The zero-order valence-corrected chi connectivity index (χ0v) is 16.8. The van der Waals surface area contributed by atoms with E-state index >= 15 is 0 Å². The lowest BCUT2D eigenvalue weighted by molar-refractivity contribution is -0.127. The molecular weight excluding hydrogens is 369 g/mol. The molecular formula is C23H26FN3O2. The van der Waals surface area contributed by atoms with Crippen molar-refractivity contribution in [2.45, 2.75) is 13.8 Å². The molecule has 3 rings (SSSR count). The maximum atomic E-state index is 13.2. The van der Waals surface area contributed by atoms with Crippen LogP contribution in [0.15, 0.2) is 48.5 Å². The summed E-state index contributed by atoms with van der Waals surface area (Å²) < 4.78 is 13.2. The van der Waals surface area contributed by atoms with Crippen molar-refractivity contribution in [1.29, 1.82) is 0 Å². The summed E-state index contributed by atoms with van der Waals surface area (Å²) in [6.07, 6.45) is 3.09. The molecule has 2 aromatic rings. The molecule has 1 saturated heterocycles. The summed E-state index contributed by atoms with van der Waals surface area (Å²) >= 11 is 0. The second-order valence-corrected chi connectivity index (χ2v) is 7.30. The molecule has 0 spiro atoms. The van der Waals surface area contributed by atoms with Crippen LogP contribution in [0, 0.1) is 19.7 Å². The van der Waals surface area contributed by atoms with E-state index in [0.29, 0.717) is 38.3 Å². The number of halogens is 1. The zero-order chi connectivity index (χ0) is 20.8. The first kappa shape index (κ1) is 20.7. The molecule has 152 valence electrons. The van der Waals surface area contributed by atoms with Crippen LogP contribution >= 0.6 is 0 Å². The zero-order valence-electron chi connectivity index (χ0n) is 16.8. The fourth-order valence-electron chi connectivity index (χ4n) is 3.40. The molecule has 1 N–H and O–H groups in total. The number of hydrogen-bond acceptors (Lipinski definition) is 3. The highest BCUT2D eigenvalue weighted by Crippen LogP contribution is 2.19. The van der Waals surface area contributed by atoms with Gasteiger partial charge in [0, 0.05) is 37.9 Å². The number of amides is 2. The second kappa shape index (κ2) is 9.47. The van der Waals surface area contributed by atoms with Crippen molar-refractivity contribution in [3.05, 3.63) is 71.0 Å². The van der Waals surface area contributed by atoms with E-state index in [1.807, 2.05) is 36.9 Å². The standard InChI is InChI=1S/C23H26FN3O2/c1-17-5-3-6-18(2)23(17)25-21(28)16-26-11-13-27(14-12-26)22(29)10-9-19-7-4-8-20(24)15-19/h3-10,15H,11-14,16H2,1-2H3,(H,25,28)/b10-9+. The average Bonchev–Trinajstić information content (AvgIpc) is 2.70. The third-order valence-electron chi connectivity index (χ3n) is 5.06. The lowest BCUT2D eigenvalue weighted by Gasteiger charge is -2.33. The summed E-state index contributed by atoms with van der Waals surface area (Å²) in [6, 6.07) is 12.0. The van der Waals surface area contributed by atoms with Gasteiger partial charge in [-0.3, -0.25) is 14.5 Å². The molecule has 29 heavy (non-hydrogen) atoms. The monoisotopic (exact) mass is 395 g/mol. The molecule has 1 aliphatic rings. The van der Waals surface area contributed by atoms with Gasteiger partial charge in [-0.2, -0.15) is 0 Å². The predicted molar refractivity (Wildman–Crippen MR) is 113 cm³/mol. The maximum Gasteiger partial charge on any atom is 0.246 e. The van der Waals surface area contributed by atoms with Gasteiger partial charge in [0.1, 0.15) is 5.82 Å². The van der Waals surface area contributed by atoms with E-state index in [9.17, 15) is 14.0 Å². The maximum absolute atomic E-state index is 13.2. The van der Waals surface area contributed by atoms with Gasteiger partial charge in [0.25, 0.3) is 0 Å². The van der Waals surface area contributed by atoms with Crippen molar-refractivity contribution in [1.82, 2.24) is 9.80 Å². The summed E-state index contributed by atoms with van der Waals surface area (Å²) in [5.74, 6) is -0.477. The lowest BCUT2D eigenvalue weighted by atomic mass is 10.1. The smallest absolute Gasteiger partial charge is 0.246 e. The Labute approximate surface area is 170 Å². The number of anilines is 1. The van der Waals surface area contributed by atoms with Gasteiger partial charge in [-0.05, 0) is 48.7 Å². The molecule has 1 fully saturated rings. The number of benzene rings is 2. The Morgan fingerprint density at radius 3 is 2.34 bits per heavy atom. The van der Waals surface area contributed by atoms with Gasteiger partial charge in [0.2, 0.25) is 11.8 Å². The molecule has 0 unspecified atom stereocenters. The van der Waals surface area contributed by atoms with Crippen LogP contribution in [0.5, 0.6) is 0 Å². The van der Waals surface area contributed by atoms with Gasteiger partial charge in [0.15, 0.2) is 0 Å². The Balaban J connectivity index is 1.47. The van der Waals surface area contributed by atoms with Crippen LogP contribution in [-0.2, 0) is 9.59 Å². The topological polar surface area (TPSA) is 52.7 Å². The molecule has 0 radical (unpaired) electrons. The minimum atomic E-state index is -0.326. The van der Waals surface area contributed by atoms with Crippen LogP contribution in [0.2, 0.25) is 0 Å². The highest BCUT2D eigenvalue weighted by Gasteiger charge is 2.21. The first-order valence-electron chi connectivity index (χ1n) is 9.73. The number of piperazine rings is 1. The van der Waals surface area contributed by atoms with Gasteiger partial charge in [-0.15, -0.1) is 0 Å². The Morgan fingerprint density at radius 1 is 1.03 bits per heavy atom. The van der Waals surface area contributed by atoms with Crippen molar-refractivity contribution >= 4 is 23.6 Å². The molecule has 0 saturated carbocycles. The fourth-order valence-corrected chi connectivity index (χ4v) is 3.40. The molecule has 0 atom stereocenters. The normalized spacial score (nSPS) is 14.9. The highest BCUT2D eigenvalue weighted by atomic mass is 19.1. The van der Waals surface area contributed by atoms with E-state index in [4.69, 9.17) is 0 Å². The van der Waals surface area contributed by atoms with Gasteiger partial charge in [-0.1, -0.05) is 30.3 Å². The summed E-state index contributed by atoms with van der Waals surface area (Å²) in [5.41, 5.74) is 3.60. The molecule has 0 bridgehead atoms. The Hall–Kier alpha value is -2.99. The minimum Gasteiger partial charge on any atom is -0.337 e. The number of rotatable bonds is 5. The van der Waals surface area contributed by atoms with Crippen LogP contribution in [0.3, 0.4) is 0 Å². The van der Waals surface area contributed by atoms with Gasteiger partial charge in [0.05, 0.1) is 6.54 Å². The van der Waals surface area contributed by atoms with Gasteiger partial charge >= 0.3 is 0 Å². The van der Waals surface area contributed by atoms with E-state index in [2.05, 4.69) is 5.32 Å². The number of aryl methyl sites for hydroxylation is 2. The SMILES string of the molecule is Cc1cccc(C)c1NC(=O)CN1CCN(C(=O)/C=C/c2cccc(F)c2)CC1. The second-order valence-electron chi connectivity index (χ2n) is 7.30. The van der Waals surface area contributed by atoms with Gasteiger partial charge in [-0.25, -0.2) is 4.39 Å². The summed E-state index contributed by atoms with van der Waals surface area (Å²) in [7, 11) is 0. The van der Waals surface area contributed by atoms with Crippen LogP contribution in [0.4, 0.5) is 10.1 Å². The minimum absolute atomic E-state index is 0.0480. The van der Waals surface area contributed by atoms with Crippen LogP contribution < -0.4 is 5.32 Å². The summed E-state index contributed by atoms with van der Waals surface area (Å²) in [6.45, 7) is 6.65. The number of para-hydroxylation sites is 1. The summed E-state index contributed by atoms with van der Waals surface area (Å²) in [5, 5.41) is 3.00. The predicted octanol–water partition coefficient (Wildman–Crippen LogP) is 3.24. The molecule has 5 nitrogen and oxygen atoms in total. The molecule has 1 heterocycles. The fraction of sp³-hybridized carbons (Fsp3) is 0.304. The molecule has 2 amide bonds. The van der Waals surface area contributed by atoms with Crippen molar-refractivity contribution in [3.63, 3.8) is 0 Å². The lowest BCUT2D eigenvalue weighted by Crippen LogP contribution is -2.50. The van der Waals surface area contributed by atoms with E-state index in [-0.39, 0.29) is 17.6 Å². The quantitative estimate of drug-likeness (QED) is 0.791. The Kier molecular flexibility index (Phi) is 6.77. The number of nitrogens with zero attached hydrogens (tertiary/aromatic N) is 2. The third kappa shape index (κ3) is 5.74. The van der Waals surface area contributed by atoms with Crippen molar-refractivity contribution < 1.29 is 14.0 Å². The average molecular weight is 395 g/mol. The molecule has 1 aliphatic heterocycles. The molecule has 0 aliphatic carbocycles. The Bertz CT molecular complexity index is 898. The van der Waals surface area contributed by atoms with Crippen LogP contribution in [0.25, 0.3) is 6.08 Å². The van der Waals surface area contributed by atoms with Crippen molar-refractivity contribution in [2.24, 2.45) is 0 Å².